The number of carbonyl (C=O) groups is 1. The van der Waals surface area contributed by atoms with E-state index in [-0.39, 0.29) is 17.4 Å². The highest BCUT2D eigenvalue weighted by Gasteiger charge is 2.30. The van der Waals surface area contributed by atoms with Gasteiger partial charge >= 0.3 is 0 Å². The van der Waals surface area contributed by atoms with Crippen molar-refractivity contribution in [3.63, 3.8) is 0 Å². The van der Waals surface area contributed by atoms with Gasteiger partial charge in [0.2, 0.25) is 0 Å². The van der Waals surface area contributed by atoms with Crippen molar-refractivity contribution in [3.8, 4) is 5.75 Å². The maximum atomic E-state index is 13.2. The second-order valence-electron chi connectivity index (χ2n) is 7.93. The molecule has 0 fully saturated rings. The fourth-order valence-electron chi connectivity index (χ4n) is 3.73. The van der Waals surface area contributed by atoms with Crippen LogP contribution in [0.3, 0.4) is 0 Å². The fraction of sp³-hybridized carbons (Fsp3) is 0.240. The summed E-state index contributed by atoms with van der Waals surface area (Å²) in [5.41, 5.74) is 4.60. The first-order valence-electron chi connectivity index (χ1n) is 10.5. The molecule has 0 aromatic heterocycles. The lowest BCUT2D eigenvalue weighted by atomic mass is 10.1. The number of aryl methyl sites for hydroxylation is 2. The van der Waals surface area contributed by atoms with E-state index in [1.165, 1.54) is 15.9 Å². The number of nitrogens with zero attached hydrogens (tertiary/aromatic N) is 1. The van der Waals surface area contributed by atoms with E-state index in [0.29, 0.717) is 30.8 Å². The Morgan fingerprint density at radius 1 is 1.03 bits per heavy atom. The zero-order valence-corrected chi connectivity index (χ0v) is 19.0. The SMILES string of the molecule is Cc1ccc(CNC(=O)COc2ccc(S(=O)(=O)N3CCc4ccccc43)cc2C)cc1. The van der Waals surface area contributed by atoms with Crippen LogP contribution in [0.1, 0.15) is 22.3 Å². The molecule has 3 aromatic carbocycles. The van der Waals surface area contributed by atoms with Crippen LogP contribution in [0.5, 0.6) is 5.75 Å². The second-order valence-corrected chi connectivity index (χ2v) is 9.80. The molecule has 166 valence electrons. The summed E-state index contributed by atoms with van der Waals surface area (Å²) in [5, 5.41) is 2.82. The molecule has 0 spiro atoms. The number of rotatable bonds is 7. The van der Waals surface area contributed by atoms with Gasteiger partial charge in [-0.1, -0.05) is 48.0 Å². The lowest BCUT2D eigenvalue weighted by Crippen LogP contribution is -2.29. The zero-order valence-electron chi connectivity index (χ0n) is 18.2. The summed E-state index contributed by atoms with van der Waals surface area (Å²) in [6, 6.07) is 20.2. The predicted molar refractivity (Wildman–Crippen MR) is 124 cm³/mol. The molecule has 6 nitrogen and oxygen atoms in total. The highest BCUT2D eigenvalue weighted by Crippen LogP contribution is 2.33. The number of anilines is 1. The highest BCUT2D eigenvalue weighted by atomic mass is 32.2. The summed E-state index contributed by atoms with van der Waals surface area (Å²) in [6.45, 7) is 4.50. The Labute approximate surface area is 188 Å². The average Bonchev–Trinajstić information content (AvgIpc) is 3.23. The van der Waals surface area contributed by atoms with Crippen molar-refractivity contribution in [1.82, 2.24) is 5.32 Å². The predicted octanol–water partition coefficient (Wildman–Crippen LogP) is 3.75. The minimum Gasteiger partial charge on any atom is -0.484 e. The van der Waals surface area contributed by atoms with Crippen molar-refractivity contribution in [1.29, 1.82) is 0 Å². The molecule has 1 heterocycles. The van der Waals surface area contributed by atoms with Crippen LogP contribution >= 0.6 is 0 Å². The molecular formula is C25H26N2O4S. The number of para-hydroxylation sites is 1. The molecule has 32 heavy (non-hydrogen) atoms. The number of amides is 1. The van der Waals surface area contributed by atoms with Gasteiger partial charge in [-0.2, -0.15) is 0 Å². The number of hydrogen-bond acceptors (Lipinski definition) is 4. The van der Waals surface area contributed by atoms with Crippen LogP contribution in [0.25, 0.3) is 0 Å². The average molecular weight is 451 g/mol. The van der Waals surface area contributed by atoms with Gasteiger partial charge in [0.15, 0.2) is 6.61 Å². The Hall–Kier alpha value is -3.32. The Kier molecular flexibility index (Phi) is 6.19. The molecule has 1 N–H and O–H groups in total. The quantitative estimate of drug-likeness (QED) is 0.595. The number of sulfonamides is 1. The van der Waals surface area contributed by atoms with Crippen molar-refractivity contribution in [2.75, 3.05) is 17.5 Å². The summed E-state index contributed by atoms with van der Waals surface area (Å²) in [7, 11) is -3.67. The van der Waals surface area contributed by atoms with Gasteiger partial charge in [0.25, 0.3) is 15.9 Å². The Morgan fingerprint density at radius 3 is 2.53 bits per heavy atom. The number of nitrogens with one attached hydrogen (secondary N) is 1. The molecule has 3 aromatic rings. The molecule has 0 radical (unpaired) electrons. The van der Waals surface area contributed by atoms with Crippen molar-refractivity contribution in [2.45, 2.75) is 31.7 Å². The smallest absolute Gasteiger partial charge is 0.264 e. The van der Waals surface area contributed by atoms with Gasteiger partial charge in [-0.25, -0.2) is 8.42 Å². The molecule has 0 unspecified atom stereocenters. The summed E-state index contributed by atoms with van der Waals surface area (Å²) >= 11 is 0. The normalized spacial score (nSPS) is 13.0. The van der Waals surface area contributed by atoms with Gasteiger partial charge in [-0.15, -0.1) is 0 Å². The maximum Gasteiger partial charge on any atom is 0.264 e. The molecule has 0 aliphatic carbocycles. The first-order chi connectivity index (χ1) is 15.3. The first kappa shape index (κ1) is 21.9. The van der Waals surface area contributed by atoms with Crippen LogP contribution in [0.2, 0.25) is 0 Å². The third-order valence-electron chi connectivity index (χ3n) is 5.55. The number of ether oxygens (including phenoxy) is 1. The van der Waals surface area contributed by atoms with Crippen molar-refractivity contribution in [3.05, 3.63) is 89.0 Å². The van der Waals surface area contributed by atoms with E-state index < -0.39 is 10.0 Å². The van der Waals surface area contributed by atoms with Crippen LogP contribution in [0.4, 0.5) is 5.69 Å². The van der Waals surface area contributed by atoms with E-state index in [1.807, 2.05) is 55.5 Å². The Bertz CT molecular complexity index is 1240. The first-order valence-corrected chi connectivity index (χ1v) is 11.9. The van der Waals surface area contributed by atoms with Gasteiger partial charge in [-0.3, -0.25) is 9.10 Å². The third-order valence-corrected chi connectivity index (χ3v) is 7.36. The van der Waals surface area contributed by atoms with Gasteiger partial charge < -0.3 is 10.1 Å². The summed E-state index contributed by atoms with van der Waals surface area (Å²) in [4.78, 5) is 12.4. The largest absolute Gasteiger partial charge is 0.484 e. The lowest BCUT2D eigenvalue weighted by Gasteiger charge is -2.20. The van der Waals surface area contributed by atoms with Crippen molar-refractivity contribution < 1.29 is 17.9 Å². The van der Waals surface area contributed by atoms with E-state index in [1.54, 1.807) is 19.1 Å². The molecule has 0 bridgehead atoms. The molecule has 4 rings (SSSR count). The minimum atomic E-state index is -3.67. The van der Waals surface area contributed by atoms with E-state index in [9.17, 15) is 13.2 Å². The van der Waals surface area contributed by atoms with Gasteiger partial charge in [-0.05, 0) is 61.2 Å². The van der Waals surface area contributed by atoms with Crippen LogP contribution in [0, 0.1) is 13.8 Å². The van der Waals surface area contributed by atoms with Crippen LogP contribution in [-0.4, -0.2) is 27.5 Å². The highest BCUT2D eigenvalue weighted by molar-refractivity contribution is 7.92. The summed E-state index contributed by atoms with van der Waals surface area (Å²) < 4.78 is 33.5. The number of benzene rings is 3. The summed E-state index contributed by atoms with van der Waals surface area (Å²) in [6.07, 6.45) is 0.702. The monoisotopic (exact) mass is 450 g/mol. The van der Waals surface area contributed by atoms with Crippen molar-refractivity contribution in [2.24, 2.45) is 0 Å². The molecule has 1 aliphatic heterocycles. The number of carbonyl (C=O) groups excluding carboxylic acids is 1. The molecule has 0 saturated heterocycles. The van der Waals surface area contributed by atoms with Crippen molar-refractivity contribution >= 4 is 21.6 Å². The van der Waals surface area contributed by atoms with Gasteiger partial charge in [0, 0.05) is 13.1 Å². The Balaban J connectivity index is 1.39. The van der Waals surface area contributed by atoms with Gasteiger partial charge in [0.1, 0.15) is 5.75 Å². The number of fused-ring (bicyclic) bond motifs is 1. The van der Waals surface area contributed by atoms with E-state index >= 15 is 0 Å². The third kappa shape index (κ3) is 4.62. The molecular weight excluding hydrogens is 424 g/mol. The van der Waals surface area contributed by atoms with E-state index in [2.05, 4.69) is 5.32 Å². The van der Waals surface area contributed by atoms with Crippen LogP contribution in [-0.2, 0) is 27.8 Å². The molecule has 1 aliphatic rings. The van der Waals surface area contributed by atoms with Gasteiger partial charge in [0.05, 0.1) is 10.6 Å². The molecule has 7 heteroatoms. The zero-order chi connectivity index (χ0) is 22.7. The van der Waals surface area contributed by atoms with Crippen LogP contribution < -0.4 is 14.4 Å². The number of hydrogen-bond donors (Lipinski definition) is 1. The summed E-state index contributed by atoms with van der Waals surface area (Å²) in [5.74, 6) is 0.242. The molecule has 0 saturated carbocycles. The lowest BCUT2D eigenvalue weighted by molar-refractivity contribution is -0.123. The maximum absolute atomic E-state index is 13.2. The fourth-order valence-corrected chi connectivity index (χ4v) is 5.32. The second kappa shape index (κ2) is 9.04. The van der Waals surface area contributed by atoms with E-state index in [0.717, 1.165) is 16.8 Å². The standard InChI is InChI=1S/C25H26N2O4S/c1-18-7-9-20(10-8-18)16-26-25(28)17-31-24-12-11-22(15-19(24)2)32(29,30)27-14-13-21-5-3-4-6-23(21)27/h3-12,15H,13-14,16-17H2,1-2H3,(H,26,28). The molecule has 0 atom stereocenters. The molecule has 1 amide bonds. The topological polar surface area (TPSA) is 75.7 Å². The minimum absolute atomic E-state index is 0.141. The van der Waals surface area contributed by atoms with Crippen LogP contribution in [0.15, 0.2) is 71.6 Å². The van der Waals surface area contributed by atoms with E-state index in [4.69, 9.17) is 4.74 Å². The Morgan fingerprint density at radius 2 is 1.78 bits per heavy atom.